The van der Waals surface area contributed by atoms with Crippen LogP contribution in [0.15, 0.2) is 24.8 Å². The summed E-state index contributed by atoms with van der Waals surface area (Å²) in [6, 6.07) is 0.0715. The fourth-order valence-corrected chi connectivity index (χ4v) is 4.06. The average molecular weight is 374 g/mol. The fraction of sp³-hybridized carbons (Fsp3) is 0.579. The predicted molar refractivity (Wildman–Crippen MR) is 98.7 cm³/mol. The average Bonchev–Trinajstić information content (AvgIpc) is 3.12. The number of hydrogen-bond donors (Lipinski definition) is 2. The molecule has 2 aromatic heterocycles. The standard InChI is InChI=1S/C19H28N6O2/c1-13-14(20-16(26)18-22(2)9-10-23(18)3)7-6-8-15(13)21-17(27)19-24(4)11-12-25(19)5/h9-15H,6-8H2,1-5H3/p+2. The lowest BCUT2D eigenvalue weighted by molar-refractivity contribution is -0.673. The number of aromatic nitrogens is 4. The number of rotatable bonds is 4. The van der Waals surface area contributed by atoms with Crippen LogP contribution in [0.1, 0.15) is 47.4 Å². The van der Waals surface area contributed by atoms with Gasteiger partial charge in [-0.3, -0.25) is 9.59 Å². The smallest absolute Gasteiger partial charge is 0.342 e. The second-order valence-electron chi connectivity index (χ2n) is 7.64. The molecule has 1 aliphatic rings. The van der Waals surface area contributed by atoms with E-state index >= 15 is 0 Å². The van der Waals surface area contributed by atoms with Crippen LogP contribution in [0.5, 0.6) is 0 Å². The molecule has 1 fully saturated rings. The minimum Gasteiger partial charge on any atom is -0.342 e. The number of carbonyl (C=O) groups excluding carboxylic acids is 2. The van der Waals surface area contributed by atoms with Crippen molar-refractivity contribution in [3.8, 4) is 0 Å². The highest BCUT2D eigenvalue weighted by Gasteiger charge is 2.35. The van der Waals surface area contributed by atoms with Crippen molar-refractivity contribution in [2.45, 2.75) is 38.3 Å². The van der Waals surface area contributed by atoms with Gasteiger partial charge >= 0.3 is 23.5 Å². The number of carbonyl (C=O) groups is 2. The van der Waals surface area contributed by atoms with Gasteiger partial charge in [-0.25, -0.2) is 18.3 Å². The zero-order chi connectivity index (χ0) is 19.7. The SMILES string of the molecule is CC1C(NC(=O)c2n(C)cc[n+]2C)CCCC1NC(=O)c1n(C)cc[n+]1C. The van der Waals surface area contributed by atoms with E-state index in [0.717, 1.165) is 19.3 Å². The van der Waals surface area contributed by atoms with Crippen LogP contribution in [0.3, 0.4) is 0 Å². The Morgan fingerprint density at radius 3 is 1.67 bits per heavy atom. The molecule has 0 aromatic carbocycles. The van der Waals surface area contributed by atoms with Crippen LogP contribution in [-0.4, -0.2) is 33.0 Å². The number of nitrogens with zero attached hydrogens (tertiary/aromatic N) is 4. The normalized spacial score (nSPS) is 22.5. The van der Waals surface area contributed by atoms with Crippen LogP contribution in [0, 0.1) is 5.92 Å². The third kappa shape index (κ3) is 3.74. The van der Waals surface area contributed by atoms with Gasteiger partial charge in [-0.2, -0.15) is 0 Å². The molecule has 2 unspecified atom stereocenters. The molecule has 1 aliphatic carbocycles. The van der Waals surface area contributed by atoms with Crippen molar-refractivity contribution in [1.29, 1.82) is 0 Å². The lowest BCUT2D eigenvalue weighted by Gasteiger charge is -2.36. The molecule has 8 heteroatoms. The molecule has 2 atom stereocenters. The topological polar surface area (TPSA) is 75.8 Å². The predicted octanol–water partition coefficient (Wildman–Crippen LogP) is -0.270. The van der Waals surface area contributed by atoms with Gasteiger partial charge in [0.2, 0.25) is 0 Å². The first-order valence-corrected chi connectivity index (χ1v) is 9.43. The summed E-state index contributed by atoms with van der Waals surface area (Å²) in [4.78, 5) is 25.4. The summed E-state index contributed by atoms with van der Waals surface area (Å²) in [7, 11) is 7.45. The maximum atomic E-state index is 12.7. The van der Waals surface area contributed by atoms with Crippen molar-refractivity contribution < 1.29 is 18.7 Å². The summed E-state index contributed by atoms with van der Waals surface area (Å²) < 4.78 is 7.27. The molecular formula is C19H30N6O2+2. The Morgan fingerprint density at radius 1 is 0.926 bits per heavy atom. The van der Waals surface area contributed by atoms with Crippen LogP contribution in [0.2, 0.25) is 0 Å². The van der Waals surface area contributed by atoms with Crippen molar-refractivity contribution in [2.75, 3.05) is 0 Å². The molecule has 27 heavy (non-hydrogen) atoms. The highest BCUT2D eigenvalue weighted by atomic mass is 16.2. The molecule has 0 radical (unpaired) electrons. The second-order valence-corrected chi connectivity index (χ2v) is 7.64. The van der Waals surface area contributed by atoms with Gasteiger partial charge in [-0.1, -0.05) is 6.92 Å². The van der Waals surface area contributed by atoms with Gasteiger partial charge < -0.3 is 10.6 Å². The Morgan fingerprint density at radius 2 is 1.33 bits per heavy atom. The molecule has 2 heterocycles. The van der Waals surface area contributed by atoms with E-state index in [2.05, 4.69) is 17.6 Å². The Labute approximate surface area is 159 Å². The lowest BCUT2D eigenvalue weighted by Crippen LogP contribution is -2.54. The first-order valence-electron chi connectivity index (χ1n) is 9.43. The zero-order valence-corrected chi connectivity index (χ0v) is 16.8. The minimum absolute atomic E-state index is 0.0358. The Bertz CT molecular complexity index is 745. The third-order valence-corrected chi connectivity index (χ3v) is 5.70. The second kappa shape index (κ2) is 7.54. The van der Waals surface area contributed by atoms with E-state index in [9.17, 15) is 9.59 Å². The van der Waals surface area contributed by atoms with Crippen LogP contribution in [0.4, 0.5) is 0 Å². The van der Waals surface area contributed by atoms with Crippen molar-refractivity contribution in [1.82, 2.24) is 19.8 Å². The molecule has 3 rings (SSSR count). The van der Waals surface area contributed by atoms with Crippen molar-refractivity contribution in [2.24, 2.45) is 34.1 Å². The molecule has 8 nitrogen and oxygen atoms in total. The van der Waals surface area contributed by atoms with E-state index in [4.69, 9.17) is 0 Å². The highest BCUT2D eigenvalue weighted by Crippen LogP contribution is 2.25. The van der Waals surface area contributed by atoms with Gasteiger partial charge in [0, 0.05) is 12.1 Å². The molecule has 0 aliphatic heterocycles. The van der Waals surface area contributed by atoms with Gasteiger partial charge in [0.1, 0.15) is 24.8 Å². The first kappa shape index (κ1) is 19.1. The molecule has 0 bridgehead atoms. The third-order valence-electron chi connectivity index (χ3n) is 5.70. The molecule has 146 valence electrons. The van der Waals surface area contributed by atoms with Gasteiger partial charge in [0.25, 0.3) is 0 Å². The summed E-state index contributed by atoms with van der Waals surface area (Å²) in [5, 5.41) is 6.34. The molecule has 1 saturated carbocycles. The quantitative estimate of drug-likeness (QED) is 0.723. The summed E-state index contributed by atoms with van der Waals surface area (Å²) >= 11 is 0. The van der Waals surface area contributed by atoms with E-state index in [1.165, 1.54) is 0 Å². The molecule has 0 saturated heterocycles. The number of imidazole rings is 2. The van der Waals surface area contributed by atoms with Crippen molar-refractivity contribution >= 4 is 11.8 Å². The molecule has 2 aromatic rings. The van der Waals surface area contributed by atoms with Crippen molar-refractivity contribution in [3.63, 3.8) is 0 Å². The van der Waals surface area contributed by atoms with Crippen LogP contribution in [-0.2, 0) is 28.2 Å². The summed E-state index contributed by atoms with van der Waals surface area (Å²) in [6.07, 6.45) is 10.3. The number of nitrogens with one attached hydrogen (secondary N) is 2. The van der Waals surface area contributed by atoms with E-state index in [1.54, 1.807) is 0 Å². The van der Waals surface area contributed by atoms with Gasteiger partial charge in [0.15, 0.2) is 0 Å². The molecular weight excluding hydrogens is 344 g/mol. The number of hydrogen-bond acceptors (Lipinski definition) is 2. The maximum absolute atomic E-state index is 12.7. The first-order chi connectivity index (χ1) is 12.8. The van der Waals surface area contributed by atoms with Crippen LogP contribution in [0.25, 0.3) is 0 Å². The van der Waals surface area contributed by atoms with Crippen LogP contribution >= 0.6 is 0 Å². The molecule has 2 amide bonds. The summed E-state index contributed by atoms with van der Waals surface area (Å²) in [5.74, 6) is 1.22. The zero-order valence-electron chi connectivity index (χ0n) is 16.8. The maximum Gasteiger partial charge on any atom is 0.347 e. The summed E-state index contributed by atoms with van der Waals surface area (Å²) in [5.41, 5.74) is 0. The Balaban J connectivity index is 1.68. The minimum atomic E-state index is -0.0809. The van der Waals surface area contributed by atoms with Gasteiger partial charge in [0.05, 0.1) is 28.2 Å². The fourth-order valence-electron chi connectivity index (χ4n) is 4.06. The highest BCUT2D eigenvalue weighted by molar-refractivity contribution is 5.90. The molecule has 2 N–H and O–H groups in total. The van der Waals surface area contributed by atoms with Crippen molar-refractivity contribution in [3.05, 3.63) is 36.4 Å². The van der Waals surface area contributed by atoms with E-state index in [-0.39, 0.29) is 29.8 Å². The molecule has 0 spiro atoms. The largest absolute Gasteiger partial charge is 0.347 e. The number of aryl methyl sites for hydroxylation is 4. The number of amides is 2. The summed E-state index contributed by atoms with van der Waals surface area (Å²) in [6.45, 7) is 2.10. The van der Waals surface area contributed by atoms with Crippen LogP contribution < -0.4 is 19.8 Å². The van der Waals surface area contributed by atoms with E-state index < -0.39 is 0 Å². The Kier molecular flexibility index (Phi) is 5.34. The monoisotopic (exact) mass is 374 g/mol. The van der Waals surface area contributed by atoms with E-state index in [1.807, 2.05) is 71.2 Å². The lowest BCUT2D eigenvalue weighted by atomic mass is 9.81. The van der Waals surface area contributed by atoms with E-state index in [0.29, 0.717) is 11.6 Å². The van der Waals surface area contributed by atoms with Gasteiger partial charge in [-0.05, 0) is 25.2 Å². The Hall–Kier alpha value is -2.64. The van der Waals surface area contributed by atoms with Gasteiger partial charge in [-0.15, -0.1) is 0 Å².